The molecule has 0 aliphatic heterocycles. The van der Waals surface area contributed by atoms with E-state index >= 15 is 0 Å². The number of hydrogen-bond donors (Lipinski definition) is 1. The number of aromatic nitrogens is 3. The molecule has 0 atom stereocenters. The van der Waals surface area contributed by atoms with E-state index in [4.69, 9.17) is 4.74 Å². The average Bonchev–Trinajstić information content (AvgIpc) is 2.73. The van der Waals surface area contributed by atoms with Crippen LogP contribution in [0.4, 0.5) is 5.82 Å². The van der Waals surface area contributed by atoms with E-state index in [0.717, 1.165) is 22.6 Å². The van der Waals surface area contributed by atoms with Crippen molar-refractivity contribution >= 4 is 11.7 Å². The number of pyridine rings is 1. The van der Waals surface area contributed by atoms with Crippen molar-refractivity contribution in [1.29, 1.82) is 0 Å². The Labute approximate surface area is 164 Å². The van der Waals surface area contributed by atoms with E-state index in [1.807, 2.05) is 49.3 Å². The predicted molar refractivity (Wildman–Crippen MR) is 108 cm³/mol. The first-order valence-corrected chi connectivity index (χ1v) is 8.88. The van der Waals surface area contributed by atoms with E-state index in [9.17, 15) is 4.79 Å². The Morgan fingerprint density at radius 2 is 1.79 bits per heavy atom. The van der Waals surface area contributed by atoms with E-state index in [1.54, 1.807) is 31.6 Å². The zero-order valence-electron chi connectivity index (χ0n) is 16.2. The number of nitrogens with zero attached hydrogens (tertiary/aromatic N) is 4. The highest BCUT2D eigenvalue weighted by molar-refractivity contribution is 5.94. The first-order chi connectivity index (χ1) is 13.6. The van der Waals surface area contributed by atoms with Crippen LogP contribution in [0.25, 0.3) is 11.4 Å². The molecule has 0 saturated heterocycles. The van der Waals surface area contributed by atoms with E-state index in [-0.39, 0.29) is 5.91 Å². The third-order valence-corrected chi connectivity index (χ3v) is 4.12. The van der Waals surface area contributed by atoms with Crippen LogP contribution in [0.2, 0.25) is 0 Å². The van der Waals surface area contributed by atoms with Crippen LogP contribution in [0.3, 0.4) is 0 Å². The van der Waals surface area contributed by atoms with Gasteiger partial charge in [-0.1, -0.05) is 12.1 Å². The SMILES string of the molecule is COCc1ccc(C(=O)NCc2cc(N(C)C)nc(-c3ccncc3)n2)cc1. The van der Waals surface area contributed by atoms with Crippen LogP contribution in [-0.4, -0.2) is 42.1 Å². The molecule has 0 aliphatic rings. The van der Waals surface area contributed by atoms with Gasteiger partial charge in [0, 0.05) is 50.8 Å². The van der Waals surface area contributed by atoms with Gasteiger partial charge in [-0.25, -0.2) is 9.97 Å². The van der Waals surface area contributed by atoms with E-state index in [1.165, 1.54) is 0 Å². The topological polar surface area (TPSA) is 80.2 Å². The molecule has 3 aromatic rings. The van der Waals surface area contributed by atoms with Crippen molar-refractivity contribution in [2.24, 2.45) is 0 Å². The Balaban J connectivity index is 1.76. The van der Waals surface area contributed by atoms with E-state index < -0.39 is 0 Å². The summed E-state index contributed by atoms with van der Waals surface area (Å²) in [5.41, 5.74) is 3.22. The Bertz CT molecular complexity index is 927. The summed E-state index contributed by atoms with van der Waals surface area (Å²) < 4.78 is 5.09. The van der Waals surface area contributed by atoms with Crippen molar-refractivity contribution < 1.29 is 9.53 Å². The first-order valence-electron chi connectivity index (χ1n) is 8.88. The standard InChI is InChI=1S/C21H23N5O2/c1-26(2)19-12-18(24-20(25-19)16-8-10-22-11-9-16)13-23-21(27)17-6-4-15(5-7-17)14-28-3/h4-12H,13-14H2,1-3H3,(H,23,27). The summed E-state index contributed by atoms with van der Waals surface area (Å²) in [5.74, 6) is 1.22. The summed E-state index contributed by atoms with van der Waals surface area (Å²) in [4.78, 5) is 27.6. The van der Waals surface area contributed by atoms with Crippen LogP contribution in [0.1, 0.15) is 21.6 Å². The van der Waals surface area contributed by atoms with Gasteiger partial charge in [-0.15, -0.1) is 0 Å². The second-order valence-electron chi connectivity index (χ2n) is 6.48. The molecule has 1 aromatic carbocycles. The molecule has 3 rings (SSSR count). The minimum Gasteiger partial charge on any atom is -0.380 e. The van der Waals surface area contributed by atoms with Gasteiger partial charge in [-0.05, 0) is 29.8 Å². The van der Waals surface area contributed by atoms with Gasteiger partial charge in [0.2, 0.25) is 0 Å². The number of carbonyl (C=O) groups excluding carboxylic acids is 1. The molecule has 0 radical (unpaired) electrons. The molecule has 0 fully saturated rings. The normalized spacial score (nSPS) is 10.5. The minimum atomic E-state index is -0.153. The Kier molecular flexibility index (Phi) is 6.29. The van der Waals surface area contributed by atoms with Crippen LogP contribution < -0.4 is 10.2 Å². The van der Waals surface area contributed by atoms with Crippen molar-refractivity contribution in [2.75, 3.05) is 26.1 Å². The van der Waals surface area contributed by atoms with Gasteiger partial charge in [0.1, 0.15) is 5.82 Å². The summed E-state index contributed by atoms with van der Waals surface area (Å²) in [6.45, 7) is 0.827. The number of methoxy groups -OCH3 is 1. The van der Waals surface area contributed by atoms with Crippen molar-refractivity contribution in [3.05, 3.63) is 71.7 Å². The van der Waals surface area contributed by atoms with Crippen molar-refractivity contribution in [1.82, 2.24) is 20.3 Å². The molecule has 144 valence electrons. The van der Waals surface area contributed by atoms with Crippen LogP contribution in [0.5, 0.6) is 0 Å². The fourth-order valence-electron chi connectivity index (χ4n) is 2.62. The minimum absolute atomic E-state index is 0.153. The number of ether oxygens (including phenoxy) is 1. The van der Waals surface area contributed by atoms with Crippen LogP contribution in [-0.2, 0) is 17.9 Å². The number of benzene rings is 1. The molecule has 0 saturated carbocycles. The summed E-state index contributed by atoms with van der Waals surface area (Å²) in [6.07, 6.45) is 3.41. The number of amides is 1. The summed E-state index contributed by atoms with van der Waals surface area (Å²) >= 11 is 0. The first kappa shape index (κ1) is 19.4. The van der Waals surface area contributed by atoms with Crippen molar-refractivity contribution in [2.45, 2.75) is 13.2 Å². The van der Waals surface area contributed by atoms with Gasteiger partial charge in [0.15, 0.2) is 5.82 Å². The Morgan fingerprint density at radius 1 is 1.07 bits per heavy atom. The van der Waals surface area contributed by atoms with Crippen molar-refractivity contribution in [3.8, 4) is 11.4 Å². The van der Waals surface area contributed by atoms with Gasteiger partial charge in [0.25, 0.3) is 5.91 Å². The fraction of sp³-hybridized carbons (Fsp3) is 0.238. The largest absolute Gasteiger partial charge is 0.380 e. The number of carbonyl (C=O) groups is 1. The molecule has 0 unspecified atom stereocenters. The fourth-order valence-corrected chi connectivity index (χ4v) is 2.62. The maximum atomic E-state index is 12.5. The third-order valence-electron chi connectivity index (χ3n) is 4.12. The molecule has 0 bridgehead atoms. The highest BCUT2D eigenvalue weighted by Gasteiger charge is 2.11. The molecule has 0 aliphatic carbocycles. The molecule has 1 amide bonds. The van der Waals surface area contributed by atoms with Crippen LogP contribution >= 0.6 is 0 Å². The van der Waals surface area contributed by atoms with Gasteiger partial charge >= 0.3 is 0 Å². The molecule has 28 heavy (non-hydrogen) atoms. The maximum absolute atomic E-state index is 12.5. The lowest BCUT2D eigenvalue weighted by Crippen LogP contribution is -2.24. The molecule has 2 heterocycles. The van der Waals surface area contributed by atoms with Crippen molar-refractivity contribution in [3.63, 3.8) is 0 Å². The second-order valence-corrected chi connectivity index (χ2v) is 6.48. The summed E-state index contributed by atoms with van der Waals surface area (Å²) in [5, 5.41) is 2.92. The molecule has 1 N–H and O–H groups in total. The van der Waals surface area contributed by atoms with E-state index in [2.05, 4.69) is 20.3 Å². The zero-order chi connectivity index (χ0) is 19.9. The third kappa shape index (κ3) is 4.89. The highest BCUT2D eigenvalue weighted by atomic mass is 16.5. The zero-order valence-corrected chi connectivity index (χ0v) is 16.2. The molecular weight excluding hydrogens is 354 g/mol. The monoisotopic (exact) mass is 377 g/mol. The Hall–Kier alpha value is -3.32. The molecule has 0 spiro atoms. The van der Waals surface area contributed by atoms with Gasteiger partial charge in [0.05, 0.1) is 18.8 Å². The average molecular weight is 377 g/mol. The summed E-state index contributed by atoms with van der Waals surface area (Å²) in [7, 11) is 5.48. The lowest BCUT2D eigenvalue weighted by molar-refractivity contribution is 0.0950. The van der Waals surface area contributed by atoms with E-state index in [0.29, 0.717) is 24.5 Å². The predicted octanol–water partition coefficient (Wildman–Crippen LogP) is 2.68. The lowest BCUT2D eigenvalue weighted by Gasteiger charge is -2.14. The molecule has 2 aromatic heterocycles. The molecule has 7 heteroatoms. The summed E-state index contributed by atoms with van der Waals surface area (Å²) in [6, 6.07) is 12.9. The number of nitrogens with one attached hydrogen (secondary N) is 1. The highest BCUT2D eigenvalue weighted by Crippen LogP contribution is 2.18. The van der Waals surface area contributed by atoms with Crippen LogP contribution in [0.15, 0.2) is 54.9 Å². The number of anilines is 1. The van der Waals surface area contributed by atoms with Crippen LogP contribution in [0, 0.1) is 0 Å². The molecule has 7 nitrogen and oxygen atoms in total. The smallest absolute Gasteiger partial charge is 0.251 e. The molecular formula is C21H23N5O2. The van der Waals surface area contributed by atoms with Gasteiger partial charge < -0.3 is 15.0 Å². The number of rotatable bonds is 7. The quantitative estimate of drug-likeness (QED) is 0.682. The second kappa shape index (κ2) is 9.05. The van der Waals surface area contributed by atoms with Gasteiger partial charge in [-0.3, -0.25) is 9.78 Å². The lowest BCUT2D eigenvalue weighted by atomic mass is 10.1. The van der Waals surface area contributed by atoms with Gasteiger partial charge in [-0.2, -0.15) is 0 Å². The number of hydrogen-bond acceptors (Lipinski definition) is 6. The Morgan fingerprint density at radius 3 is 2.43 bits per heavy atom. The maximum Gasteiger partial charge on any atom is 0.251 e.